The van der Waals surface area contributed by atoms with E-state index in [1.807, 2.05) is 11.9 Å². The van der Waals surface area contributed by atoms with E-state index in [4.69, 9.17) is 5.73 Å². The van der Waals surface area contributed by atoms with Crippen LogP contribution in [0.4, 0.5) is 0 Å². The first kappa shape index (κ1) is 17.9. The number of likely N-dealkylation sites (tertiary alicyclic amines) is 2. The maximum atomic E-state index is 12.4. The van der Waals surface area contributed by atoms with Gasteiger partial charge in [0.05, 0.1) is 18.2 Å². The molecule has 3 N–H and O–H groups in total. The summed E-state index contributed by atoms with van der Waals surface area (Å²) in [6.07, 6.45) is 5.00. The maximum absolute atomic E-state index is 12.4. The molecule has 1 aromatic rings. The highest BCUT2D eigenvalue weighted by Crippen LogP contribution is 2.36. The number of nitrogens with zero attached hydrogens (tertiary/aromatic N) is 5. The lowest BCUT2D eigenvalue weighted by Gasteiger charge is -2.33. The molecule has 1 saturated carbocycles. The minimum Gasteiger partial charge on any atom is -0.393 e. The Hall–Kier alpha value is -1.51. The van der Waals surface area contributed by atoms with Crippen molar-refractivity contribution in [2.24, 2.45) is 12.8 Å². The van der Waals surface area contributed by atoms with Gasteiger partial charge in [0.1, 0.15) is 11.6 Å². The van der Waals surface area contributed by atoms with Gasteiger partial charge in [0, 0.05) is 39.1 Å². The summed E-state index contributed by atoms with van der Waals surface area (Å²) in [5, 5.41) is 18.5. The summed E-state index contributed by atoms with van der Waals surface area (Å²) < 4.78 is 2.12. The molecule has 2 saturated heterocycles. The van der Waals surface area contributed by atoms with Gasteiger partial charge in [0.25, 0.3) is 0 Å². The van der Waals surface area contributed by atoms with Gasteiger partial charge >= 0.3 is 0 Å². The second-order valence-electron chi connectivity index (χ2n) is 8.26. The summed E-state index contributed by atoms with van der Waals surface area (Å²) in [5.74, 6) is 2.48. The van der Waals surface area contributed by atoms with Gasteiger partial charge in [0.2, 0.25) is 5.91 Å². The highest BCUT2D eigenvalue weighted by molar-refractivity contribution is 5.89. The molecule has 0 spiro atoms. The molecule has 1 amide bonds. The van der Waals surface area contributed by atoms with Gasteiger partial charge in [0.15, 0.2) is 0 Å². The van der Waals surface area contributed by atoms with E-state index in [2.05, 4.69) is 19.7 Å². The molecule has 0 aromatic carbocycles. The van der Waals surface area contributed by atoms with Gasteiger partial charge in [-0.15, -0.1) is 10.2 Å². The third kappa shape index (κ3) is 3.50. The number of piperidine rings is 2. The summed E-state index contributed by atoms with van der Waals surface area (Å²) in [7, 11) is 2.04. The molecule has 3 aliphatic rings. The Morgan fingerprint density at radius 3 is 2.42 bits per heavy atom. The number of amides is 1. The van der Waals surface area contributed by atoms with Crippen LogP contribution < -0.4 is 5.73 Å². The molecule has 26 heavy (non-hydrogen) atoms. The molecule has 1 aliphatic carbocycles. The smallest absolute Gasteiger partial charge is 0.242 e. The highest BCUT2D eigenvalue weighted by atomic mass is 16.3. The Morgan fingerprint density at radius 1 is 1.15 bits per heavy atom. The summed E-state index contributed by atoms with van der Waals surface area (Å²) >= 11 is 0. The zero-order valence-electron chi connectivity index (χ0n) is 15.6. The molecule has 3 fully saturated rings. The van der Waals surface area contributed by atoms with Gasteiger partial charge in [-0.1, -0.05) is 0 Å². The monoisotopic (exact) mass is 362 g/mol. The lowest BCUT2D eigenvalue weighted by Crippen LogP contribution is -2.48. The van der Waals surface area contributed by atoms with E-state index in [1.165, 1.54) is 0 Å². The van der Waals surface area contributed by atoms with Gasteiger partial charge < -0.3 is 20.3 Å². The van der Waals surface area contributed by atoms with Crippen LogP contribution in [0.3, 0.4) is 0 Å². The van der Waals surface area contributed by atoms with Gasteiger partial charge in [-0.3, -0.25) is 9.69 Å². The molecule has 0 bridgehead atoms. The molecule has 0 radical (unpaired) electrons. The zero-order chi connectivity index (χ0) is 18.3. The number of aliphatic hydroxyl groups excluding tert-OH is 1. The van der Waals surface area contributed by atoms with Gasteiger partial charge in [-0.25, -0.2) is 0 Å². The number of aromatic nitrogens is 3. The second kappa shape index (κ2) is 6.90. The van der Waals surface area contributed by atoms with Crippen LogP contribution in [0.2, 0.25) is 0 Å². The van der Waals surface area contributed by atoms with Crippen LogP contribution in [0.5, 0.6) is 0 Å². The standard InChI is InChI=1S/C18H30N6O2/c1-22-15(12-23-8-4-14(25)5-9-23)20-21-16(22)13-2-10-24(11-3-13)17(26)18(19)6-7-18/h13-14,25H,2-12,19H2,1H3. The van der Waals surface area contributed by atoms with Crippen LogP contribution in [-0.4, -0.2) is 73.4 Å². The van der Waals surface area contributed by atoms with E-state index in [0.717, 1.165) is 82.9 Å². The fourth-order valence-corrected chi connectivity index (χ4v) is 4.15. The summed E-state index contributed by atoms with van der Waals surface area (Å²) in [6, 6.07) is 0. The van der Waals surface area contributed by atoms with E-state index < -0.39 is 5.54 Å². The lowest BCUT2D eigenvalue weighted by atomic mass is 9.95. The predicted molar refractivity (Wildman–Crippen MR) is 96.2 cm³/mol. The highest BCUT2D eigenvalue weighted by Gasteiger charge is 2.48. The Balaban J connectivity index is 1.34. The normalized spacial score (nSPS) is 24.8. The van der Waals surface area contributed by atoms with Gasteiger partial charge in [-0.2, -0.15) is 0 Å². The third-order valence-corrected chi connectivity index (χ3v) is 6.28. The molecular weight excluding hydrogens is 332 g/mol. The van der Waals surface area contributed by atoms with Crippen LogP contribution in [0, 0.1) is 0 Å². The molecule has 0 atom stereocenters. The van der Waals surface area contributed by atoms with E-state index in [-0.39, 0.29) is 12.0 Å². The average Bonchev–Trinajstić information content (AvgIpc) is 3.31. The number of hydrogen-bond donors (Lipinski definition) is 2. The first-order chi connectivity index (χ1) is 12.5. The van der Waals surface area contributed by atoms with Crippen molar-refractivity contribution in [3.05, 3.63) is 11.6 Å². The van der Waals surface area contributed by atoms with Crippen molar-refractivity contribution in [1.82, 2.24) is 24.6 Å². The van der Waals surface area contributed by atoms with Crippen LogP contribution in [0.1, 0.15) is 56.1 Å². The molecule has 8 heteroatoms. The van der Waals surface area contributed by atoms with E-state index in [9.17, 15) is 9.90 Å². The average molecular weight is 362 g/mol. The second-order valence-corrected chi connectivity index (χ2v) is 8.26. The molecule has 1 aromatic heterocycles. The number of nitrogens with two attached hydrogens (primary N) is 1. The Bertz CT molecular complexity index is 655. The largest absolute Gasteiger partial charge is 0.393 e. The van der Waals surface area contributed by atoms with E-state index in [0.29, 0.717) is 5.92 Å². The van der Waals surface area contributed by atoms with Crippen molar-refractivity contribution in [1.29, 1.82) is 0 Å². The minimum absolute atomic E-state index is 0.127. The van der Waals surface area contributed by atoms with Crippen molar-refractivity contribution in [2.45, 2.75) is 62.6 Å². The Kier molecular flexibility index (Phi) is 4.75. The van der Waals surface area contributed by atoms with Crippen molar-refractivity contribution in [3.63, 3.8) is 0 Å². The quantitative estimate of drug-likeness (QED) is 0.780. The first-order valence-corrected chi connectivity index (χ1v) is 9.83. The SMILES string of the molecule is Cn1c(CN2CCC(O)CC2)nnc1C1CCN(C(=O)C2(N)CC2)CC1. The fraction of sp³-hybridized carbons (Fsp3) is 0.833. The van der Waals surface area contributed by atoms with Crippen LogP contribution in [-0.2, 0) is 18.4 Å². The van der Waals surface area contributed by atoms with Crippen LogP contribution in [0.25, 0.3) is 0 Å². The van der Waals surface area contributed by atoms with Crippen LogP contribution in [0.15, 0.2) is 0 Å². The third-order valence-electron chi connectivity index (χ3n) is 6.28. The molecular formula is C18H30N6O2. The molecule has 3 heterocycles. The predicted octanol–water partition coefficient (Wildman–Crippen LogP) is -0.0309. The molecule has 144 valence electrons. The fourth-order valence-electron chi connectivity index (χ4n) is 4.15. The van der Waals surface area contributed by atoms with E-state index >= 15 is 0 Å². The van der Waals surface area contributed by atoms with Gasteiger partial charge in [-0.05, 0) is 38.5 Å². The number of carbonyl (C=O) groups excluding carboxylic acids is 1. The van der Waals surface area contributed by atoms with Crippen molar-refractivity contribution in [3.8, 4) is 0 Å². The molecule has 2 aliphatic heterocycles. The Morgan fingerprint density at radius 2 is 1.81 bits per heavy atom. The number of aliphatic hydroxyl groups is 1. The summed E-state index contributed by atoms with van der Waals surface area (Å²) in [5.41, 5.74) is 5.49. The molecule has 0 unspecified atom stereocenters. The lowest BCUT2D eigenvalue weighted by molar-refractivity contribution is -0.134. The molecule has 8 nitrogen and oxygen atoms in total. The maximum Gasteiger partial charge on any atom is 0.242 e. The van der Waals surface area contributed by atoms with Crippen molar-refractivity contribution < 1.29 is 9.90 Å². The Labute approximate surface area is 154 Å². The minimum atomic E-state index is -0.563. The zero-order valence-corrected chi connectivity index (χ0v) is 15.6. The van der Waals surface area contributed by atoms with Crippen LogP contribution >= 0.6 is 0 Å². The molecule has 4 rings (SSSR count). The topological polar surface area (TPSA) is 101 Å². The number of rotatable bonds is 4. The number of hydrogen-bond acceptors (Lipinski definition) is 6. The van der Waals surface area contributed by atoms with Crippen molar-refractivity contribution >= 4 is 5.91 Å². The summed E-state index contributed by atoms with van der Waals surface area (Å²) in [4.78, 5) is 16.6. The summed E-state index contributed by atoms with van der Waals surface area (Å²) in [6.45, 7) is 4.11. The van der Waals surface area contributed by atoms with Crippen molar-refractivity contribution in [2.75, 3.05) is 26.2 Å². The van der Waals surface area contributed by atoms with E-state index in [1.54, 1.807) is 0 Å². The number of carbonyl (C=O) groups is 1. The first-order valence-electron chi connectivity index (χ1n) is 9.83.